The molecule has 12 N–H and O–H groups in total. The van der Waals surface area contributed by atoms with Gasteiger partial charge >= 0.3 is 0 Å². The van der Waals surface area contributed by atoms with Gasteiger partial charge in [-0.25, -0.2) is 0 Å². The van der Waals surface area contributed by atoms with E-state index in [1.807, 2.05) is 0 Å². The maximum atomic E-state index is 13.5. The number of carbonyl (C=O) groups excluding carboxylic acids is 1. The van der Waals surface area contributed by atoms with Crippen LogP contribution in [0.3, 0.4) is 0 Å². The minimum atomic E-state index is -1.97. The molecule has 0 aromatic carbocycles. The molecule has 1 amide bonds. The number of aliphatic hydroxyl groups is 11. The molecule has 0 spiro atoms. The standard InChI is InChI=1S/C81H157NO18/c1-3-5-7-9-11-13-15-17-19-21-23-25-27-29-30-31-32-33-35-36-38-40-42-44-46-48-50-52-54-56-58-65(86)64(82-69(87)59-57-55-53-51-49-47-45-43-41-39-37-34-28-26-24-22-20-18-16-14-12-10-8-6-4-2)63-95-79-75(93)72(90)77(67(61-84)97-79)100-81-76(94)73(91)78(68(62-85)98-81)99-80-74(92)71(89)70(88)66(60-83)96-80/h64-68,70-81,83-86,88-94H,3-63H2,1-2H3,(H,82,87). The molecule has 0 saturated carbocycles. The second kappa shape index (κ2) is 62.8. The van der Waals surface area contributed by atoms with Gasteiger partial charge in [0.05, 0.1) is 38.6 Å². The first kappa shape index (κ1) is 93.0. The zero-order valence-electron chi connectivity index (χ0n) is 63.7. The van der Waals surface area contributed by atoms with Crippen molar-refractivity contribution in [2.45, 2.75) is 484 Å². The Bertz CT molecular complexity index is 1810. The monoisotopic (exact) mass is 1430 g/mol. The summed E-state index contributed by atoms with van der Waals surface area (Å²) in [5.74, 6) is -0.232. The number of ether oxygens (including phenoxy) is 6. The van der Waals surface area contributed by atoms with Crippen LogP contribution in [0.15, 0.2) is 0 Å². The quantitative estimate of drug-likeness (QED) is 0.0252. The van der Waals surface area contributed by atoms with Crippen molar-refractivity contribution in [2.24, 2.45) is 0 Å². The Balaban J connectivity index is 1.35. The molecule has 0 aromatic rings. The summed E-state index contributed by atoms with van der Waals surface area (Å²) >= 11 is 0. The molecule has 0 aliphatic carbocycles. The fraction of sp³-hybridized carbons (Fsp3) is 0.988. The van der Waals surface area contributed by atoms with Gasteiger partial charge in [0.25, 0.3) is 0 Å². The average molecular weight is 1430 g/mol. The molecule has 0 bridgehead atoms. The van der Waals surface area contributed by atoms with Crippen LogP contribution in [0.4, 0.5) is 0 Å². The van der Waals surface area contributed by atoms with E-state index in [0.717, 1.165) is 44.9 Å². The number of rotatable bonds is 69. The highest BCUT2D eigenvalue weighted by atomic mass is 16.8. The maximum absolute atomic E-state index is 13.5. The summed E-state index contributed by atoms with van der Waals surface area (Å²) in [6.07, 6.45) is 46.3. The number of hydrogen-bond acceptors (Lipinski definition) is 18. The molecule has 3 heterocycles. The highest BCUT2D eigenvalue weighted by molar-refractivity contribution is 5.76. The van der Waals surface area contributed by atoms with Crippen LogP contribution in [0.2, 0.25) is 0 Å². The number of hydrogen-bond donors (Lipinski definition) is 12. The summed E-state index contributed by atoms with van der Waals surface area (Å²) < 4.78 is 34.6. The van der Waals surface area contributed by atoms with Crippen molar-refractivity contribution in [1.29, 1.82) is 0 Å². The van der Waals surface area contributed by atoms with Crippen LogP contribution in [0, 0.1) is 0 Å². The molecule has 3 aliphatic heterocycles. The molecule has 3 saturated heterocycles. The third-order valence-electron chi connectivity index (χ3n) is 21.7. The van der Waals surface area contributed by atoms with E-state index in [2.05, 4.69) is 19.2 Å². The van der Waals surface area contributed by atoms with Crippen LogP contribution in [0.1, 0.15) is 380 Å². The van der Waals surface area contributed by atoms with Gasteiger partial charge in [-0.1, -0.05) is 361 Å². The predicted octanol–water partition coefficient (Wildman–Crippen LogP) is 14.6. The molecule has 19 nitrogen and oxygen atoms in total. The second-order valence-corrected chi connectivity index (χ2v) is 30.7. The van der Waals surface area contributed by atoms with Gasteiger partial charge in [-0.2, -0.15) is 0 Å². The lowest BCUT2D eigenvalue weighted by atomic mass is 9.96. The minimum absolute atomic E-state index is 0.232. The zero-order chi connectivity index (χ0) is 72.5. The summed E-state index contributed by atoms with van der Waals surface area (Å²) in [7, 11) is 0. The molecular formula is C81H157NO18. The smallest absolute Gasteiger partial charge is 0.220 e. The fourth-order valence-corrected chi connectivity index (χ4v) is 14.9. The van der Waals surface area contributed by atoms with Gasteiger partial charge in [-0.3, -0.25) is 4.79 Å². The highest BCUT2D eigenvalue weighted by Gasteiger charge is 2.54. The van der Waals surface area contributed by atoms with Gasteiger partial charge in [-0.05, 0) is 12.8 Å². The number of unbranched alkanes of at least 4 members (excludes halogenated alkanes) is 53. The Morgan fingerprint density at radius 1 is 0.320 bits per heavy atom. The predicted molar refractivity (Wildman–Crippen MR) is 397 cm³/mol. The Labute approximate surface area is 608 Å². The lowest BCUT2D eigenvalue weighted by Gasteiger charge is -2.48. The number of aliphatic hydroxyl groups excluding tert-OH is 11. The van der Waals surface area contributed by atoms with E-state index in [0.29, 0.717) is 12.8 Å². The van der Waals surface area contributed by atoms with Crippen LogP contribution in [-0.4, -0.2) is 193 Å². The molecule has 19 heteroatoms. The Morgan fingerprint density at radius 3 is 0.870 bits per heavy atom. The van der Waals surface area contributed by atoms with E-state index in [1.54, 1.807) is 0 Å². The Hall–Kier alpha value is -1.21. The minimum Gasteiger partial charge on any atom is -0.394 e. The van der Waals surface area contributed by atoms with Gasteiger partial charge in [-0.15, -0.1) is 0 Å². The molecule has 0 aromatic heterocycles. The van der Waals surface area contributed by atoms with E-state index in [4.69, 9.17) is 28.4 Å². The Kier molecular flexibility index (Phi) is 58.4. The largest absolute Gasteiger partial charge is 0.394 e. The van der Waals surface area contributed by atoms with Crippen LogP contribution < -0.4 is 5.32 Å². The second-order valence-electron chi connectivity index (χ2n) is 30.7. The van der Waals surface area contributed by atoms with Crippen molar-refractivity contribution >= 4 is 5.91 Å². The average Bonchev–Trinajstić information content (AvgIpc) is 0.783. The first-order valence-corrected chi connectivity index (χ1v) is 42.3. The summed E-state index contributed by atoms with van der Waals surface area (Å²) in [5.41, 5.74) is 0. The SMILES string of the molecule is CCCCCCCCCCCCCCCCCCCCCCCCCCCCCCCCC(O)C(COC1OC(CO)C(OC2OC(CO)C(OC3OC(CO)C(O)C(O)C3O)C(O)C2O)C(O)C1O)NC(=O)CCCCCCCCCCCCCCCCCCCCCCCCCCC. The van der Waals surface area contributed by atoms with Crippen LogP contribution in [0.5, 0.6) is 0 Å². The van der Waals surface area contributed by atoms with Gasteiger partial charge < -0.3 is 89.9 Å². The van der Waals surface area contributed by atoms with Crippen molar-refractivity contribution in [3.8, 4) is 0 Å². The first-order chi connectivity index (χ1) is 48.8. The molecule has 3 fully saturated rings. The summed E-state index contributed by atoms with van der Waals surface area (Å²) in [6.45, 7) is 1.88. The molecule has 0 radical (unpaired) electrons. The van der Waals surface area contributed by atoms with E-state index in [9.17, 15) is 61.0 Å². The molecule has 3 rings (SSSR count). The van der Waals surface area contributed by atoms with Gasteiger partial charge in [0.1, 0.15) is 73.2 Å². The summed E-state index contributed by atoms with van der Waals surface area (Å²) in [4.78, 5) is 13.5. The third kappa shape index (κ3) is 42.4. The molecule has 100 heavy (non-hydrogen) atoms. The molecule has 594 valence electrons. The van der Waals surface area contributed by atoms with E-state index < -0.39 is 124 Å². The molecular weight excluding hydrogens is 1270 g/mol. The van der Waals surface area contributed by atoms with Crippen molar-refractivity contribution in [3.05, 3.63) is 0 Å². The van der Waals surface area contributed by atoms with Gasteiger partial charge in [0.15, 0.2) is 18.9 Å². The van der Waals surface area contributed by atoms with Crippen molar-refractivity contribution in [2.75, 3.05) is 26.4 Å². The zero-order valence-corrected chi connectivity index (χ0v) is 63.7. The lowest BCUT2D eigenvalue weighted by Crippen LogP contribution is -2.66. The Morgan fingerprint density at radius 2 is 0.570 bits per heavy atom. The molecule has 3 aliphatic rings. The van der Waals surface area contributed by atoms with Gasteiger partial charge in [0, 0.05) is 6.42 Å². The van der Waals surface area contributed by atoms with Crippen LogP contribution in [0.25, 0.3) is 0 Å². The third-order valence-corrected chi connectivity index (χ3v) is 21.7. The van der Waals surface area contributed by atoms with Crippen molar-refractivity contribution in [3.63, 3.8) is 0 Å². The van der Waals surface area contributed by atoms with E-state index in [-0.39, 0.29) is 18.9 Å². The van der Waals surface area contributed by atoms with E-state index >= 15 is 0 Å². The number of nitrogens with one attached hydrogen (secondary N) is 1. The van der Waals surface area contributed by atoms with Crippen LogP contribution >= 0.6 is 0 Å². The topological polar surface area (TPSA) is 307 Å². The van der Waals surface area contributed by atoms with Crippen LogP contribution in [-0.2, 0) is 33.2 Å². The fourth-order valence-electron chi connectivity index (χ4n) is 14.9. The summed E-state index contributed by atoms with van der Waals surface area (Å²) in [6, 6.07) is -0.884. The number of amides is 1. The van der Waals surface area contributed by atoms with Gasteiger partial charge in [0.2, 0.25) is 5.91 Å². The maximum Gasteiger partial charge on any atom is 0.220 e. The van der Waals surface area contributed by atoms with Crippen molar-refractivity contribution in [1.82, 2.24) is 5.32 Å². The van der Waals surface area contributed by atoms with E-state index in [1.165, 1.54) is 302 Å². The summed E-state index contributed by atoms with van der Waals surface area (Å²) in [5, 5.41) is 121. The van der Waals surface area contributed by atoms with Crippen molar-refractivity contribution < 1.29 is 89.4 Å². The first-order valence-electron chi connectivity index (χ1n) is 42.3. The molecule has 17 unspecified atom stereocenters. The highest BCUT2D eigenvalue weighted by Crippen LogP contribution is 2.34. The normalized spacial score (nSPS) is 26.4. The lowest BCUT2D eigenvalue weighted by molar-refractivity contribution is -0.379. The molecule has 17 atom stereocenters. The number of carbonyl (C=O) groups is 1.